The van der Waals surface area contributed by atoms with Crippen molar-refractivity contribution in [3.8, 4) is 17.6 Å². The minimum atomic E-state index is -3.94. The lowest BCUT2D eigenvalue weighted by atomic mass is 9.65. The highest BCUT2D eigenvalue weighted by atomic mass is 32.2. The lowest BCUT2D eigenvalue weighted by Crippen LogP contribution is -2.62. The SMILES string of the molecule is N#Cc1c(NS(=O)(=O)N2CC3(CCC3)C2)ccc(F)c1Oc1ccc2ncn(C3(F)CC3)c(=O)c2c1. The van der Waals surface area contributed by atoms with Gasteiger partial charge < -0.3 is 4.74 Å². The highest BCUT2D eigenvalue weighted by Crippen LogP contribution is 2.49. The average molecular weight is 514 g/mol. The highest BCUT2D eigenvalue weighted by molar-refractivity contribution is 7.90. The topological polar surface area (TPSA) is 117 Å². The predicted molar refractivity (Wildman–Crippen MR) is 126 cm³/mol. The molecule has 1 aliphatic heterocycles. The van der Waals surface area contributed by atoms with E-state index < -0.39 is 33.1 Å². The van der Waals surface area contributed by atoms with E-state index >= 15 is 0 Å². The number of aromatic nitrogens is 2. The summed E-state index contributed by atoms with van der Waals surface area (Å²) >= 11 is 0. The molecule has 3 fully saturated rings. The third kappa shape index (κ3) is 3.61. The summed E-state index contributed by atoms with van der Waals surface area (Å²) in [6, 6.07) is 8.15. The molecule has 9 nitrogen and oxygen atoms in total. The van der Waals surface area contributed by atoms with Crippen LogP contribution >= 0.6 is 0 Å². The first-order valence-corrected chi connectivity index (χ1v) is 13.0. The summed E-state index contributed by atoms with van der Waals surface area (Å²) < 4.78 is 65.2. The van der Waals surface area contributed by atoms with Crippen molar-refractivity contribution in [2.75, 3.05) is 17.8 Å². The first-order chi connectivity index (χ1) is 17.1. The predicted octanol–water partition coefficient (Wildman–Crippen LogP) is 3.76. The van der Waals surface area contributed by atoms with Gasteiger partial charge in [-0.2, -0.15) is 18.0 Å². The van der Waals surface area contributed by atoms with E-state index in [1.54, 1.807) is 0 Å². The Labute approximate surface area is 205 Å². The van der Waals surface area contributed by atoms with E-state index in [9.17, 15) is 27.3 Å². The molecule has 36 heavy (non-hydrogen) atoms. The number of halogens is 2. The Morgan fingerprint density at radius 3 is 2.53 bits per heavy atom. The molecule has 0 atom stereocenters. The lowest BCUT2D eigenvalue weighted by Gasteiger charge is -2.54. The van der Waals surface area contributed by atoms with Gasteiger partial charge in [-0.05, 0) is 48.6 Å². The summed E-state index contributed by atoms with van der Waals surface area (Å²) in [5, 5.41) is 9.80. The number of alkyl halides is 1. The average Bonchev–Trinajstić information content (AvgIpc) is 3.52. The fraction of sp³-hybridized carbons (Fsp3) is 0.375. The number of ether oxygens (including phenoxy) is 1. The lowest BCUT2D eigenvalue weighted by molar-refractivity contribution is -0.00752. The van der Waals surface area contributed by atoms with Crippen molar-refractivity contribution in [2.45, 2.75) is 37.9 Å². The highest BCUT2D eigenvalue weighted by Gasteiger charge is 2.51. The Kier molecular flexibility index (Phi) is 4.90. The van der Waals surface area contributed by atoms with Crippen molar-refractivity contribution in [1.29, 1.82) is 5.26 Å². The summed E-state index contributed by atoms with van der Waals surface area (Å²) in [5.41, 5.74) is -0.710. The molecule has 1 aromatic heterocycles. The van der Waals surface area contributed by atoms with Gasteiger partial charge in [0.1, 0.15) is 23.7 Å². The summed E-state index contributed by atoms with van der Waals surface area (Å²) in [4.78, 5) is 16.9. The van der Waals surface area contributed by atoms with Crippen molar-refractivity contribution in [3.05, 3.63) is 58.4 Å². The fourth-order valence-corrected chi connectivity index (χ4v) is 6.30. The summed E-state index contributed by atoms with van der Waals surface area (Å²) in [6.07, 6.45) is 4.67. The Hall–Kier alpha value is -3.56. The van der Waals surface area contributed by atoms with Crippen LogP contribution in [0.5, 0.6) is 11.5 Å². The molecule has 2 aliphatic carbocycles. The minimum Gasteiger partial charge on any atom is -0.453 e. The molecule has 0 amide bonds. The maximum Gasteiger partial charge on any atom is 0.301 e. The normalized spacial score (nSPS) is 19.8. The van der Waals surface area contributed by atoms with Crippen molar-refractivity contribution in [2.24, 2.45) is 5.41 Å². The molecule has 0 bridgehead atoms. The molecule has 0 unspecified atom stereocenters. The molecule has 12 heteroatoms. The van der Waals surface area contributed by atoms with E-state index in [0.29, 0.717) is 18.6 Å². The zero-order valence-electron chi connectivity index (χ0n) is 19.0. The molecule has 0 radical (unpaired) electrons. The smallest absolute Gasteiger partial charge is 0.301 e. The Morgan fingerprint density at radius 2 is 1.89 bits per heavy atom. The summed E-state index contributed by atoms with van der Waals surface area (Å²) in [7, 11) is -3.94. The maximum absolute atomic E-state index is 14.8. The number of rotatable bonds is 6. The molecule has 1 spiro atoms. The first-order valence-electron chi connectivity index (χ1n) is 11.5. The van der Waals surface area contributed by atoms with Crippen molar-refractivity contribution in [1.82, 2.24) is 13.9 Å². The van der Waals surface area contributed by atoms with Gasteiger partial charge in [0.25, 0.3) is 5.56 Å². The van der Waals surface area contributed by atoms with E-state index in [1.807, 2.05) is 6.07 Å². The van der Waals surface area contributed by atoms with Crippen molar-refractivity contribution >= 4 is 26.8 Å². The Morgan fingerprint density at radius 1 is 1.14 bits per heavy atom. The van der Waals surface area contributed by atoms with Crippen LogP contribution in [-0.2, 0) is 16.0 Å². The van der Waals surface area contributed by atoms with Crippen LogP contribution in [-0.4, -0.2) is 35.4 Å². The van der Waals surface area contributed by atoms with Gasteiger partial charge in [0.05, 0.1) is 16.6 Å². The third-order valence-corrected chi connectivity index (χ3v) is 8.70. The number of hydrogen-bond acceptors (Lipinski definition) is 6. The molecular formula is C24H21F2N5O4S. The van der Waals surface area contributed by atoms with Gasteiger partial charge in [-0.1, -0.05) is 6.42 Å². The molecule has 186 valence electrons. The largest absolute Gasteiger partial charge is 0.453 e. The first kappa shape index (κ1) is 22.9. The fourth-order valence-electron chi connectivity index (χ4n) is 4.83. The standard InChI is InChI=1S/C24H21F2N5O4S/c25-18-3-5-20(29-36(33,34)30-12-23(13-30)6-1-7-23)17(11-27)21(18)35-15-2-4-19-16(10-15)22(32)31(14-28-19)24(26)8-9-24/h2-5,10,14,29H,1,6-9,12-13H2. The molecular weight excluding hydrogens is 492 g/mol. The van der Waals surface area contributed by atoms with Crippen LogP contribution in [0.2, 0.25) is 0 Å². The van der Waals surface area contributed by atoms with Gasteiger partial charge in [0.2, 0.25) is 0 Å². The van der Waals surface area contributed by atoms with E-state index in [4.69, 9.17) is 4.74 Å². The van der Waals surface area contributed by atoms with Gasteiger partial charge >= 0.3 is 10.2 Å². The summed E-state index contributed by atoms with van der Waals surface area (Å²) in [6.45, 7) is 0.829. The third-order valence-electron chi connectivity index (χ3n) is 7.28. The number of nitrogens with one attached hydrogen (secondary N) is 1. The number of benzene rings is 2. The Bertz CT molecular complexity index is 1620. The summed E-state index contributed by atoms with van der Waals surface area (Å²) in [5.74, 6) is -3.14. The van der Waals surface area contributed by atoms with Gasteiger partial charge in [-0.15, -0.1) is 0 Å². The molecule has 3 aromatic rings. The zero-order valence-corrected chi connectivity index (χ0v) is 19.8. The van der Waals surface area contributed by atoms with Crippen LogP contribution in [0, 0.1) is 22.6 Å². The molecule has 2 heterocycles. The molecule has 2 aromatic carbocycles. The monoisotopic (exact) mass is 513 g/mol. The van der Waals surface area contributed by atoms with Crippen LogP contribution in [0.1, 0.15) is 37.7 Å². The van der Waals surface area contributed by atoms with Crippen LogP contribution in [0.25, 0.3) is 10.9 Å². The van der Waals surface area contributed by atoms with Crippen LogP contribution in [0.4, 0.5) is 14.5 Å². The van der Waals surface area contributed by atoms with Crippen molar-refractivity contribution < 1.29 is 21.9 Å². The molecule has 3 aliphatic rings. The van der Waals surface area contributed by atoms with E-state index in [2.05, 4.69) is 9.71 Å². The van der Waals surface area contributed by atoms with Crippen LogP contribution in [0.3, 0.4) is 0 Å². The van der Waals surface area contributed by atoms with Crippen LogP contribution in [0.15, 0.2) is 41.5 Å². The Balaban J connectivity index is 1.31. The number of hydrogen-bond donors (Lipinski definition) is 1. The quantitative estimate of drug-likeness (QED) is 0.536. The zero-order chi connectivity index (χ0) is 25.3. The minimum absolute atomic E-state index is 0.00734. The second-order valence-electron chi connectivity index (χ2n) is 9.76. The van der Waals surface area contributed by atoms with Gasteiger partial charge in [0.15, 0.2) is 17.4 Å². The van der Waals surface area contributed by atoms with E-state index in [-0.39, 0.29) is 40.6 Å². The molecule has 2 saturated carbocycles. The molecule has 6 rings (SSSR count). The van der Waals surface area contributed by atoms with Gasteiger partial charge in [-0.3, -0.25) is 14.1 Å². The number of nitriles is 1. The molecule has 1 saturated heterocycles. The number of nitrogens with zero attached hydrogens (tertiary/aromatic N) is 4. The number of fused-ring (bicyclic) bond motifs is 1. The van der Waals surface area contributed by atoms with Crippen molar-refractivity contribution in [3.63, 3.8) is 0 Å². The van der Waals surface area contributed by atoms with Crippen LogP contribution < -0.4 is 15.0 Å². The number of anilines is 1. The second-order valence-corrected chi connectivity index (χ2v) is 11.4. The van der Waals surface area contributed by atoms with Gasteiger partial charge in [-0.25, -0.2) is 13.8 Å². The van der Waals surface area contributed by atoms with E-state index in [0.717, 1.165) is 42.3 Å². The van der Waals surface area contributed by atoms with E-state index in [1.165, 1.54) is 22.5 Å². The second kappa shape index (κ2) is 7.72. The van der Waals surface area contributed by atoms with Gasteiger partial charge in [0, 0.05) is 25.9 Å². The maximum atomic E-state index is 14.8. The molecule has 1 N–H and O–H groups in total.